The lowest BCUT2D eigenvalue weighted by Gasteiger charge is -2.54. The second-order valence-electron chi connectivity index (χ2n) is 10.6. The van der Waals surface area contributed by atoms with Crippen LogP contribution in [0.3, 0.4) is 0 Å². The van der Waals surface area contributed by atoms with Crippen molar-refractivity contribution >= 4 is 17.5 Å². The van der Waals surface area contributed by atoms with Gasteiger partial charge in [0.05, 0.1) is 12.2 Å². The van der Waals surface area contributed by atoms with Crippen LogP contribution in [0, 0.1) is 17.3 Å². The molecule has 2 fully saturated rings. The second-order valence-corrected chi connectivity index (χ2v) is 12.0. The van der Waals surface area contributed by atoms with E-state index in [0.717, 1.165) is 38.0 Å². The zero-order valence-electron chi connectivity index (χ0n) is 19.4. The van der Waals surface area contributed by atoms with Crippen LogP contribution in [0.5, 0.6) is 0 Å². The summed E-state index contributed by atoms with van der Waals surface area (Å²) in [7, 11) is 0. The van der Waals surface area contributed by atoms with Crippen molar-refractivity contribution in [2.75, 3.05) is 12.4 Å². The summed E-state index contributed by atoms with van der Waals surface area (Å²) in [6.07, 6.45) is 14.1. The highest BCUT2D eigenvalue weighted by molar-refractivity contribution is 7.99. The molecule has 1 aliphatic heterocycles. The highest BCUT2D eigenvalue weighted by Gasteiger charge is 2.63. The molecule has 6 rings (SSSR count). The quantitative estimate of drug-likeness (QED) is 0.368. The number of fused-ring (bicyclic) bond motifs is 5. The Labute approximate surface area is 196 Å². The number of hydrogen-bond donors (Lipinski definition) is 0. The minimum absolute atomic E-state index is 0.0806. The first kappa shape index (κ1) is 21.0. The first-order valence-electron chi connectivity index (χ1n) is 12.6. The number of carbonyl (C=O) groups is 1. The molecule has 1 aromatic rings. The first-order valence-corrected chi connectivity index (χ1v) is 13.5. The Balaban J connectivity index is 1.49. The Morgan fingerprint density at radius 1 is 1.12 bits per heavy atom. The van der Waals surface area contributed by atoms with Gasteiger partial charge in [0.15, 0.2) is 5.78 Å². The van der Waals surface area contributed by atoms with Crippen LogP contribution in [-0.4, -0.2) is 23.7 Å². The van der Waals surface area contributed by atoms with Crippen LogP contribution in [0.1, 0.15) is 70.3 Å². The zero-order chi connectivity index (χ0) is 21.9. The van der Waals surface area contributed by atoms with Crippen molar-refractivity contribution in [1.29, 1.82) is 0 Å². The fourth-order valence-corrected chi connectivity index (χ4v) is 8.60. The molecule has 2 saturated carbocycles. The van der Waals surface area contributed by atoms with Crippen molar-refractivity contribution < 1.29 is 9.53 Å². The third-order valence-corrected chi connectivity index (χ3v) is 10.2. The van der Waals surface area contributed by atoms with Crippen LogP contribution in [0.25, 0.3) is 0 Å². The molecule has 0 amide bonds. The number of thioether (sulfide) groups is 1. The minimum atomic E-state index is -0.0806. The van der Waals surface area contributed by atoms with E-state index in [2.05, 4.69) is 50.3 Å². The molecule has 32 heavy (non-hydrogen) atoms. The van der Waals surface area contributed by atoms with Crippen molar-refractivity contribution in [2.24, 2.45) is 17.3 Å². The van der Waals surface area contributed by atoms with Gasteiger partial charge in [-0.15, -0.1) is 11.8 Å². The smallest absolute Gasteiger partial charge is 0.156 e. The molecule has 3 heteroatoms. The summed E-state index contributed by atoms with van der Waals surface area (Å²) in [6, 6.07) is 9.41. The Morgan fingerprint density at radius 2 is 1.97 bits per heavy atom. The largest absolute Gasteiger partial charge is 0.366 e. The molecule has 4 aliphatic carbocycles. The number of ether oxygens (including phenoxy) is 1. The van der Waals surface area contributed by atoms with E-state index in [1.54, 1.807) is 11.1 Å². The predicted molar refractivity (Wildman–Crippen MR) is 131 cm³/mol. The zero-order valence-corrected chi connectivity index (χ0v) is 20.2. The third kappa shape index (κ3) is 3.00. The van der Waals surface area contributed by atoms with Crippen molar-refractivity contribution in [3.63, 3.8) is 0 Å². The predicted octanol–water partition coefficient (Wildman–Crippen LogP) is 7.02. The topological polar surface area (TPSA) is 26.3 Å². The van der Waals surface area contributed by atoms with Gasteiger partial charge in [-0.3, -0.25) is 4.79 Å². The number of benzene rings is 1. The summed E-state index contributed by atoms with van der Waals surface area (Å²) < 4.78 is 6.52. The fourth-order valence-electron chi connectivity index (χ4n) is 7.94. The molecule has 0 saturated heterocycles. The van der Waals surface area contributed by atoms with E-state index in [4.69, 9.17) is 4.74 Å². The molecular formula is C29H34O2S. The van der Waals surface area contributed by atoms with Crippen LogP contribution in [0.4, 0.5) is 0 Å². The van der Waals surface area contributed by atoms with Gasteiger partial charge in [0, 0.05) is 22.6 Å². The Morgan fingerprint density at radius 3 is 2.72 bits per heavy atom. The van der Waals surface area contributed by atoms with Gasteiger partial charge in [0.25, 0.3) is 0 Å². The number of rotatable bonds is 3. The minimum Gasteiger partial charge on any atom is -0.366 e. The van der Waals surface area contributed by atoms with Crippen LogP contribution in [0.2, 0.25) is 0 Å². The lowest BCUT2D eigenvalue weighted by atomic mass is 9.51. The lowest BCUT2D eigenvalue weighted by molar-refractivity contribution is -0.114. The molecule has 1 spiro atoms. The van der Waals surface area contributed by atoms with Gasteiger partial charge in [-0.1, -0.05) is 43.7 Å². The van der Waals surface area contributed by atoms with Crippen molar-refractivity contribution in [1.82, 2.24) is 0 Å². The standard InChI is InChI=1S/C29H34O2S/c1-3-32-22-9-5-19(6-10-22)25-18-28(2)26(13-15-29(28)14-4-16-31-29)24-11-7-20-17-21(30)8-12-23(20)27(24)25/h4-6,9-10,14,17,24-26H,3,7-8,11-13,15-16,18H2,1-2H3/t24-,25+,26-,28-,29-/m0/s1. The molecule has 5 aliphatic rings. The van der Waals surface area contributed by atoms with E-state index in [0.29, 0.717) is 30.0 Å². The van der Waals surface area contributed by atoms with Gasteiger partial charge in [-0.2, -0.15) is 0 Å². The lowest BCUT2D eigenvalue weighted by Crippen LogP contribution is -2.51. The van der Waals surface area contributed by atoms with E-state index < -0.39 is 0 Å². The average molecular weight is 447 g/mol. The Bertz CT molecular complexity index is 1030. The van der Waals surface area contributed by atoms with E-state index >= 15 is 0 Å². The van der Waals surface area contributed by atoms with Gasteiger partial charge in [0.1, 0.15) is 0 Å². The van der Waals surface area contributed by atoms with Gasteiger partial charge >= 0.3 is 0 Å². The maximum atomic E-state index is 12.2. The van der Waals surface area contributed by atoms with Crippen molar-refractivity contribution in [2.45, 2.75) is 75.2 Å². The fraction of sp³-hybridized carbons (Fsp3) is 0.552. The van der Waals surface area contributed by atoms with Crippen LogP contribution < -0.4 is 0 Å². The normalized spacial score (nSPS) is 38.0. The summed E-state index contributed by atoms with van der Waals surface area (Å²) in [5.41, 5.74) is 6.13. The van der Waals surface area contributed by atoms with Crippen LogP contribution in [0.15, 0.2) is 64.1 Å². The summed E-state index contributed by atoms with van der Waals surface area (Å²) in [5, 5.41) is 0. The molecule has 1 heterocycles. The van der Waals surface area contributed by atoms with Crippen LogP contribution >= 0.6 is 11.8 Å². The molecule has 0 radical (unpaired) electrons. The maximum absolute atomic E-state index is 12.2. The molecule has 1 aromatic carbocycles. The molecule has 0 bridgehead atoms. The van der Waals surface area contributed by atoms with E-state index in [-0.39, 0.29) is 11.0 Å². The maximum Gasteiger partial charge on any atom is 0.156 e. The molecule has 2 nitrogen and oxygen atoms in total. The summed E-state index contributed by atoms with van der Waals surface area (Å²) in [4.78, 5) is 13.6. The highest BCUT2D eigenvalue weighted by Crippen LogP contribution is 2.68. The number of ketones is 1. The summed E-state index contributed by atoms with van der Waals surface area (Å²) in [5.74, 6) is 3.17. The van der Waals surface area contributed by atoms with Crippen LogP contribution in [-0.2, 0) is 9.53 Å². The van der Waals surface area contributed by atoms with E-state index in [1.165, 1.54) is 28.9 Å². The average Bonchev–Trinajstić information content (AvgIpc) is 3.39. The number of allylic oxidation sites excluding steroid dienone is 4. The molecule has 168 valence electrons. The number of hydrogen-bond acceptors (Lipinski definition) is 3. The summed E-state index contributed by atoms with van der Waals surface area (Å²) in [6.45, 7) is 5.52. The monoisotopic (exact) mass is 446 g/mol. The number of carbonyl (C=O) groups excluding carboxylic acids is 1. The Kier molecular flexibility index (Phi) is 5.07. The van der Waals surface area contributed by atoms with Gasteiger partial charge in [-0.25, -0.2) is 0 Å². The first-order chi connectivity index (χ1) is 15.5. The highest BCUT2D eigenvalue weighted by atomic mass is 32.2. The van der Waals surface area contributed by atoms with Gasteiger partial charge in [0.2, 0.25) is 0 Å². The summed E-state index contributed by atoms with van der Waals surface area (Å²) >= 11 is 1.91. The molecule has 5 atom stereocenters. The van der Waals surface area contributed by atoms with Gasteiger partial charge < -0.3 is 4.74 Å². The van der Waals surface area contributed by atoms with Crippen molar-refractivity contribution in [3.8, 4) is 0 Å². The van der Waals surface area contributed by atoms with E-state index in [9.17, 15) is 4.79 Å². The molecular weight excluding hydrogens is 412 g/mol. The molecule has 0 aromatic heterocycles. The van der Waals surface area contributed by atoms with Crippen molar-refractivity contribution in [3.05, 3.63) is 64.8 Å². The Hall–Kier alpha value is -1.58. The molecule has 0 unspecified atom stereocenters. The third-order valence-electron chi connectivity index (χ3n) is 9.34. The second kappa shape index (κ2) is 7.74. The molecule has 0 N–H and O–H groups in total. The SMILES string of the molecule is CCSc1ccc([C@H]2C[C@@]3(C)[C@@H](CC[C@@]34C=CCO4)[C@@H]3CCC4=CC(=O)CCC4=C32)cc1. The van der Waals surface area contributed by atoms with E-state index in [1.807, 2.05) is 17.8 Å². The van der Waals surface area contributed by atoms with Gasteiger partial charge in [-0.05, 0) is 91.0 Å².